The lowest BCUT2D eigenvalue weighted by Gasteiger charge is -2.20. The van der Waals surface area contributed by atoms with E-state index in [2.05, 4.69) is 41.1 Å². The van der Waals surface area contributed by atoms with Crippen LogP contribution in [0.1, 0.15) is 18.1 Å². The Hall–Kier alpha value is -2.03. The average Bonchev–Trinajstić information content (AvgIpc) is 2.40. The number of pyridine rings is 1. The van der Waals surface area contributed by atoms with Gasteiger partial charge in [-0.05, 0) is 23.6 Å². The number of aryl methyl sites for hydroxylation is 1. The number of nitrogen functional groups attached to an aromatic ring is 1. The number of anilines is 2. The molecule has 0 saturated carbocycles. The van der Waals surface area contributed by atoms with Gasteiger partial charge in [0.2, 0.25) is 0 Å². The molecule has 1 aromatic heterocycles. The van der Waals surface area contributed by atoms with Gasteiger partial charge in [-0.15, -0.1) is 0 Å². The van der Waals surface area contributed by atoms with Crippen molar-refractivity contribution in [1.29, 1.82) is 0 Å². The normalized spacial score (nSPS) is 10.3. The third kappa shape index (κ3) is 2.80. The Bertz CT molecular complexity index is 505. The van der Waals surface area contributed by atoms with Crippen LogP contribution in [-0.4, -0.2) is 12.0 Å². The van der Waals surface area contributed by atoms with Crippen molar-refractivity contribution in [2.75, 3.05) is 17.7 Å². The first-order chi connectivity index (χ1) is 8.70. The SMILES string of the molecule is CCc1ccc(CN(C)c2ccncc2N)cc1. The minimum absolute atomic E-state index is 0.713. The van der Waals surface area contributed by atoms with Crippen LogP contribution in [0.25, 0.3) is 0 Å². The van der Waals surface area contributed by atoms with Gasteiger partial charge in [0, 0.05) is 19.8 Å². The maximum Gasteiger partial charge on any atom is 0.0738 e. The zero-order chi connectivity index (χ0) is 13.0. The van der Waals surface area contributed by atoms with Crippen molar-refractivity contribution in [3.05, 3.63) is 53.9 Å². The number of hydrogen-bond donors (Lipinski definition) is 1. The molecule has 3 heteroatoms. The molecule has 0 saturated heterocycles. The number of benzene rings is 1. The summed E-state index contributed by atoms with van der Waals surface area (Å²) in [7, 11) is 2.04. The Balaban J connectivity index is 2.11. The molecule has 0 radical (unpaired) electrons. The zero-order valence-electron chi connectivity index (χ0n) is 10.9. The molecule has 0 unspecified atom stereocenters. The summed E-state index contributed by atoms with van der Waals surface area (Å²) in [5.74, 6) is 0. The predicted octanol–water partition coefficient (Wildman–Crippen LogP) is 2.86. The van der Waals surface area contributed by atoms with Crippen LogP contribution in [-0.2, 0) is 13.0 Å². The molecule has 0 fully saturated rings. The van der Waals surface area contributed by atoms with E-state index in [4.69, 9.17) is 5.73 Å². The maximum atomic E-state index is 5.92. The lowest BCUT2D eigenvalue weighted by molar-refractivity contribution is 0.920. The van der Waals surface area contributed by atoms with Gasteiger partial charge in [-0.3, -0.25) is 4.98 Å². The molecule has 0 atom stereocenters. The number of hydrogen-bond acceptors (Lipinski definition) is 3. The van der Waals surface area contributed by atoms with Crippen LogP contribution in [0.2, 0.25) is 0 Å². The minimum Gasteiger partial charge on any atom is -0.396 e. The first-order valence-electron chi connectivity index (χ1n) is 6.19. The fraction of sp³-hybridized carbons (Fsp3) is 0.267. The van der Waals surface area contributed by atoms with Crippen LogP contribution in [0.5, 0.6) is 0 Å². The van der Waals surface area contributed by atoms with Crippen molar-refractivity contribution < 1.29 is 0 Å². The summed E-state index contributed by atoms with van der Waals surface area (Å²) in [6.45, 7) is 3.01. The van der Waals surface area contributed by atoms with Crippen LogP contribution in [0.4, 0.5) is 11.4 Å². The van der Waals surface area contributed by atoms with Crippen LogP contribution < -0.4 is 10.6 Å². The largest absolute Gasteiger partial charge is 0.396 e. The fourth-order valence-electron chi connectivity index (χ4n) is 1.99. The van der Waals surface area contributed by atoms with Crippen molar-refractivity contribution in [3.63, 3.8) is 0 Å². The van der Waals surface area contributed by atoms with Crippen molar-refractivity contribution in [3.8, 4) is 0 Å². The molecular formula is C15H19N3. The highest BCUT2D eigenvalue weighted by Crippen LogP contribution is 2.21. The number of rotatable bonds is 4. The Kier molecular flexibility index (Phi) is 3.82. The number of aromatic nitrogens is 1. The second kappa shape index (κ2) is 5.54. The molecule has 1 heterocycles. The van der Waals surface area contributed by atoms with E-state index in [1.54, 1.807) is 12.4 Å². The molecule has 0 aliphatic heterocycles. The number of nitrogens with two attached hydrogens (primary N) is 1. The second-order valence-corrected chi connectivity index (χ2v) is 4.46. The lowest BCUT2D eigenvalue weighted by atomic mass is 10.1. The van der Waals surface area contributed by atoms with Crippen LogP contribution in [0, 0.1) is 0 Å². The lowest BCUT2D eigenvalue weighted by Crippen LogP contribution is -2.17. The fourth-order valence-corrected chi connectivity index (χ4v) is 1.99. The van der Waals surface area contributed by atoms with E-state index in [1.165, 1.54) is 11.1 Å². The highest BCUT2D eigenvalue weighted by atomic mass is 15.1. The molecule has 0 spiro atoms. The predicted molar refractivity (Wildman–Crippen MR) is 76.6 cm³/mol. The summed E-state index contributed by atoms with van der Waals surface area (Å²) in [6.07, 6.45) is 4.53. The summed E-state index contributed by atoms with van der Waals surface area (Å²) in [5.41, 5.74) is 10.3. The quantitative estimate of drug-likeness (QED) is 0.895. The summed E-state index contributed by atoms with van der Waals surface area (Å²) in [5, 5.41) is 0. The molecule has 2 N–H and O–H groups in total. The smallest absolute Gasteiger partial charge is 0.0738 e. The van der Waals surface area contributed by atoms with Gasteiger partial charge in [0.1, 0.15) is 0 Å². The molecule has 0 aliphatic carbocycles. The molecule has 0 aliphatic rings. The Morgan fingerprint density at radius 1 is 1.11 bits per heavy atom. The highest BCUT2D eigenvalue weighted by Gasteiger charge is 2.05. The molecule has 0 bridgehead atoms. The van der Waals surface area contributed by atoms with Crippen LogP contribution >= 0.6 is 0 Å². The van der Waals surface area contributed by atoms with E-state index < -0.39 is 0 Å². The van der Waals surface area contributed by atoms with Gasteiger partial charge in [0.05, 0.1) is 17.6 Å². The van der Waals surface area contributed by atoms with E-state index in [-0.39, 0.29) is 0 Å². The molecule has 3 nitrogen and oxygen atoms in total. The topological polar surface area (TPSA) is 42.2 Å². The molecule has 94 valence electrons. The summed E-state index contributed by atoms with van der Waals surface area (Å²) in [6, 6.07) is 10.6. The molecule has 18 heavy (non-hydrogen) atoms. The summed E-state index contributed by atoms with van der Waals surface area (Å²) in [4.78, 5) is 6.14. The van der Waals surface area contributed by atoms with Crippen molar-refractivity contribution >= 4 is 11.4 Å². The first kappa shape index (κ1) is 12.4. The summed E-state index contributed by atoms with van der Waals surface area (Å²) < 4.78 is 0. The zero-order valence-corrected chi connectivity index (χ0v) is 10.9. The van der Waals surface area contributed by atoms with E-state index in [0.717, 1.165) is 18.7 Å². The Morgan fingerprint density at radius 2 is 1.78 bits per heavy atom. The van der Waals surface area contributed by atoms with Gasteiger partial charge < -0.3 is 10.6 Å². The minimum atomic E-state index is 0.713. The third-order valence-electron chi connectivity index (χ3n) is 3.09. The maximum absolute atomic E-state index is 5.92. The highest BCUT2D eigenvalue weighted by molar-refractivity contribution is 5.65. The van der Waals surface area contributed by atoms with E-state index in [9.17, 15) is 0 Å². The standard InChI is InChI=1S/C15H19N3/c1-3-12-4-6-13(7-5-12)11-18(2)15-8-9-17-10-14(15)16/h4-10H,3,11,16H2,1-2H3. The molecular weight excluding hydrogens is 222 g/mol. The Morgan fingerprint density at radius 3 is 2.39 bits per heavy atom. The second-order valence-electron chi connectivity index (χ2n) is 4.46. The van der Waals surface area contributed by atoms with Crippen molar-refractivity contribution in [2.45, 2.75) is 19.9 Å². The van der Waals surface area contributed by atoms with Crippen LogP contribution in [0.15, 0.2) is 42.7 Å². The molecule has 2 aromatic rings. The van der Waals surface area contributed by atoms with Gasteiger partial charge in [-0.2, -0.15) is 0 Å². The molecule has 0 amide bonds. The number of nitrogens with zero attached hydrogens (tertiary/aromatic N) is 2. The van der Waals surface area contributed by atoms with Gasteiger partial charge in [-0.1, -0.05) is 31.2 Å². The molecule has 1 aromatic carbocycles. The van der Waals surface area contributed by atoms with Gasteiger partial charge >= 0.3 is 0 Å². The molecule has 2 rings (SSSR count). The monoisotopic (exact) mass is 241 g/mol. The first-order valence-corrected chi connectivity index (χ1v) is 6.19. The van der Waals surface area contributed by atoms with Crippen molar-refractivity contribution in [2.24, 2.45) is 0 Å². The van der Waals surface area contributed by atoms with Crippen LogP contribution in [0.3, 0.4) is 0 Å². The van der Waals surface area contributed by atoms with Gasteiger partial charge in [0.15, 0.2) is 0 Å². The van der Waals surface area contributed by atoms with Gasteiger partial charge in [0.25, 0.3) is 0 Å². The van der Waals surface area contributed by atoms with Crippen molar-refractivity contribution in [1.82, 2.24) is 4.98 Å². The van der Waals surface area contributed by atoms with E-state index >= 15 is 0 Å². The Labute approximate surface area is 108 Å². The van der Waals surface area contributed by atoms with Gasteiger partial charge in [-0.25, -0.2) is 0 Å². The third-order valence-corrected chi connectivity index (χ3v) is 3.09. The van der Waals surface area contributed by atoms with E-state index in [0.29, 0.717) is 5.69 Å². The van der Waals surface area contributed by atoms with E-state index in [1.807, 2.05) is 13.1 Å². The summed E-state index contributed by atoms with van der Waals surface area (Å²) >= 11 is 0. The average molecular weight is 241 g/mol.